The second kappa shape index (κ2) is 2.82. The third-order valence-corrected chi connectivity index (χ3v) is 0.661. The van der Waals surface area contributed by atoms with E-state index in [1.54, 1.807) is 0 Å². The molecule has 0 saturated heterocycles. The molecule has 54 valence electrons. The van der Waals surface area contributed by atoms with E-state index >= 15 is 0 Å². The van der Waals surface area contributed by atoms with Crippen LogP contribution in [0.3, 0.4) is 0 Å². The third kappa shape index (κ3) is 7.43. The molecule has 0 spiro atoms. The highest BCUT2D eigenvalue weighted by molar-refractivity contribution is 5.78. The zero-order chi connectivity index (χ0) is 7.49. The fraction of sp³-hybridized carbons (Fsp3) is 0.833. The molecule has 3 N–H and O–H groups in total. The molecule has 0 heterocycles. The van der Waals surface area contributed by atoms with E-state index in [0.717, 1.165) is 0 Å². The summed E-state index contributed by atoms with van der Waals surface area (Å²) >= 11 is 0. The number of rotatable bonds is 2. The van der Waals surface area contributed by atoms with Gasteiger partial charge in [-0.05, 0) is 20.8 Å². The lowest BCUT2D eigenvalue weighted by Gasteiger charge is -2.18. The monoisotopic (exact) mass is 130 g/mol. The predicted molar refractivity (Wildman–Crippen MR) is 37.6 cm³/mol. The van der Waals surface area contributed by atoms with E-state index in [1.807, 2.05) is 20.8 Å². The van der Waals surface area contributed by atoms with E-state index in [2.05, 4.69) is 0 Å². The Kier molecular flexibility index (Phi) is 2.65. The summed E-state index contributed by atoms with van der Waals surface area (Å²) in [7, 11) is 0. The lowest BCUT2D eigenvalue weighted by molar-refractivity contribution is 0.0207. The fourth-order valence-corrected chi connectivity index (χ4v) is 0.294. The van der Waals surface area contributed by atoms with Crippen LogP contribution in [0.1, 0.15) is 20.8 Å². The van der Waals surface area contributed by atoms with Gasteiger partial charge in [-0.1, -0.05) is 0 Å². The zero-order valence-electron chi connectivity index (χ0n) is 6.19. The number of nitrogens with two attached hydrogens (primary N) is 1. The van der Waals surface area contributed by atoms with Gasteiger partial charge in [-0.15, -0.1) is 0 Å². The van der Waals surface area contributed by atoms with E-state index in [-0.39, 0.29) is 18.0 Å². The molecule has 0 rings (SSSR count). The van der Waals surface area contributed by atoms with Crippen LogP contribution in [-0.4, -0.2) is 18.0 Å². The Morgan fingerprint density at radius 3 is 2.11 bits per heavy atom. The minimum atomic E-state index is -0.189. The maximum absolute atomic E-state index is 6.83. The first kappa shape index (κ1) is 8.43. The average molecular weight is 130 g/mol. The maximum Gasteiger partial charge on any atom is 0.117 e. The second-order valence-corrected chi connectivity index (χ2v) is 2.93. The number of amidine groups is 1. The van der Waals surface area contributed by atoms with Crippen LogP contribution in [0.2, 0.25) is 0 Å². The van der Waals surface area contributed by atoms with Crippen LogP contribution in [0.5, 0.6) is 0 Å². The Labute approximate surface area is 55.7 Å². The van der Waals surface area contributed by atoms with Crippen LogP contribution in [-0.2, 0) is 4.74 Å². The minimum Gasteiger partial charge on any atom is -0.386 e. The van der Waals surface area contributed by atoms with Gasteiger partial charge in [0.05, 0.1) is 5.60 Å². The van der Waals surface area contributed by atoms with E-state index in [0.29, 0.717) is 0 Å². The summed E-state index contributed by atoms with van der Waals surface area (Å²) in [6.45, 7) is 6.01. The van der Waals surface area contributed by atoms with Crippen LogP contribution in [0.4, 0.5) is 0 Å². The van der Waals surface area contributed by atoms with Gasteiger partial charge in [0.15, 0.2) is 0 Å². The predicted octanol–water partition coefficient (Wildman–Crippen LogP) is 0.737. The molecule has 3 nitrogen and oxygen atoms in total. The molecule has 0 aromatic heterocycles. The van der Waals surface area contributed by atoms with Gasteiger partial charge in [0.2, 0.25) is 0 Å². The quantitative estimate of drug-likeness (QED) is 0.428. The maximum atomic E-state index is 6.83. The lowest BCUT2D eigenvalue weighted by Crippen LogP contribution is -2.26. The van der Waals surface area contributed by atoms with Crippen LogP contribution in [0.25, 0.3) is 0 Å². The minimum absolute atomic E-state index is 0.0740. The zero-order valence-corrected chi connectivity index (χ0v) is 6.19. The largest absolute Gasteiger partial charge is 0.386 e. The van der Waals surface area contributed by atoms with Crippen molar-refractivity contribution in [2.75, 3.05) is 6.61 Å². The van der Waals surface area contributed by atoms with E-state index in [9.17, 15) is 0 Å². The number of nitrogens with one attached hydrogen (secondary N) is 1. The summed E-state index contributed by atoms with van der Waals surface area (Å²) in [4.78, 5) is 0. The van der Waals surface area contributed by atoms with Gasteiger partial charge >= 0.3 is 0 Å². The van der Waals surface area contributed by atoms with Crippen molar-refractivity contribution in [2.24, 2.45) is 5.73 Å². The van der Waals surface area contributed by atoms with Crippen molar-refractivity contribution in [1.29, 1.82) is 5.41 Å². The molecule has 0 bridgehead atoms. The Balaban J connectivity index is 3.39. The van der Waals surface area contributed by atoms with Crippen LogP contribution in [0, 0.1) is 5.41 Å². The number of ether oxygens (including phenoxy) is 1. The number of hydrogen-bond acceptors (Lipinski definition) is 2. The molecule has 0 amide bonds. The highest BCUT2D eigenvalue weighted by Gasteiger charge is 2.09. The van der Waals surface area contributed by atoms with Gasteiger partial charge in [-0.25, -0.2) is 0 Å². The Bertz CT molecular complexity index is 104. The van der Waals surface area contributed by atoms with Crippen LogP contribution < -0.4 is 5.73 Å². The standard InChI is InChI=1S/C6H14N2O/c1-6(2,3)9-4-5(7)8/h4H2,1-3H3,(H3,7,8). The van der Waals surface area contributed by atoms with Gasteiger partial charge in [0.25, 0.3) is 0 Å². The highest BCUT2D eigenvalue weighted by Crippen LogP contribution is 2.04. The normalized spacial score (nSPS) is 11.4. The summed E-state index contributed by atoms with van der Waals surface area (Å²) in [5.41, 5.74) is 4.87. The first-order valence-corrected chi connectivity index (χ1v) is 2.89. The van der Waals surface area contributed by atoms with Crippen LogP contribution in [0.15, 0.2) is 0 Å². The summed E-state index contributed by atoms with van der Waals surface area (Å²) in [5, 5.41) is 6.83. The molecule has 0 aromatic rings. The van der Waals surface area contributed by atoms with Crippen LogP contribution >= 0.6 is 0 Å². The van der Waals surface area contributed by atoms with Crippen molar-refractivity contribution >= 4 is 5.84 Å². The summed E-state index contributed by atoms with van der Waals surface area (Å²) < 4.78 is 5.14. The molecule has 0 unspecified atom stereocenters. The lowest BCUT2D eigenvalue weighted by atomic mass is 10.2. The summed E-state index contributed by atoms with van der Waals surface area (Å²) in [6, 6.07) is 0. The molecular formula is C6H14N2O. The van der Waals surface area contributed by atoms with Crippen molar-refractivity contribution in [3.05, 3.63) is 0 Å². The molecular weight excluding hydrogens is 116 g/mol. The molecule has 0 aliphatic heterocycles. The van der Waals surface area contributed by atoms with Gasteiger partial charge in [0.1, 0.15) is 12.4 Å². The number of hydrogen-bond donors (Lipinski definition) is 2. The first-order chi connectivity index (χ1) is 3.92. The summed E-state index contributed by atoms with van der Waals surface area (Å²) in [6.07, 6.45) is 0. The summed E-state index contributed by atoms with van der Waals surface area (Å²) in [5.74, 6) is 0.0740. The molecule has 0 saturated carbocycles. The van der Waals surface area contributed by atoms with Crippen molar-refractivity contribution < 1.29 is 4.74 Å². The van der Waals surface area contributed by atoms with Gasteiger partial charge < -0.3 is 10.5 Å². The van der Waals surface area contributed by atoms with Crippen molar-refractivity contribution in [1.82, 2.24) is 0 Å². The smallest absolute Gasteiger partial charge is 0.117 e. The first-order valence-electron chi connectivity index (χ1n) is 2.89. The van der Waals surface area contributed by atoms with Gasteiger partial charge in [0, 0.05) is 0 Å². The van der Waals surface area contributed by atoms with E-state index in [1.165, 1.54) is 0 Å². The van der Waals surface area contributed by atoms with Crippen molar-refractivity contribution in [2.45, 2.75) is 26.4 Å². The average Bonchev–Trinajstić information content (AvgIpc) is 1.59. The van der Waals surface area contributed by atoms with Gasteiger partial charge in [-0.2, -0.15) is 0 Å². The SMILES string of the molecule is CC(C)(C)OCC(=N)N. The second-order valence-electron chi connectivity index (χ2n) is 2.93. The topological polar surface area (TPSA) is 59.1 Å². The molecule has 0 aromatic carbocycles. The molecule has 0 atom stereocenters. The molecule has 3 heteroatoms. The molecule has 0 aliphatic rings. The molecule has 0 fully saturated rings. The molecule has 0 aliphatic carbocycles. The van der Waals surface area contributed by atoms with Gasteiger partial charge in [-0.3, -0.25) is 5.41 Å². The Hall–Kier alpha value is -0.570. The third-order valence-electron chi connectivity index (χ3n) is 0.661. The molecule has 9 heavy (non-hydrogen) atoms. The van der Waals surface area contributed by atoms with Crippen molar-refractivity contribution in [3.8, 4) is 0 Å². The Morgan fingerprint density at radius 1 is 1.56 bits per heavy atom. The Morgan fingerprint density at radius 2 is 2.00 bits per heavy atom. The highest BCUT2D eigenvalue weighted by atomic mass is 16.5. The van der Waals surface area contributed by atoms with E-state index < -0.39 is 0 Å². The molecule has 0 radical (unpaired) electrons. The van der Waals surface area contributed by atoms with Crippen molar-refractivity contribution in [3.63, 3.8) is 0 Å². The fourth-order valence-electron chi connectivity index (χ4n) is 0.294. The van der Waals surface area contributed by atoms with E-state index in [4.69, 9.17) is 15.9 Å².